The van der Waals surface area contributed by atoms with Gasteiger partial charge in [-0.25, -0.2) is 4.79 Å². The van der Waals surface area contributed by atoms with Gasteiger partial charge < -0.3 is 18.6 Å². The van der Waals surface area contributed by atoms with Gasteiger partial charge in [-0.05, 0) is 17.7 Å². The Morgan fingerprint density at radius 1 is 1.07 bits per heavy atom. The van der Waals surface area contributed by atoms with Crippen LogP contribution in [0.4, 0.5) is 0 Å². The van der Waals surface area contributed by atoms with Crippen LogP contribution in [0.2, 0.25) is 0 Å². The predicted molar refractivity (Wildman–Crippen MR) is 100 cm³/mol. The monoisotopic (exact) mass is 378 g/mol. The standard InChI is InChI=1S/C22H18O6/c1-22(2)27-18-11-16(26-13-14-6-4-3-5-7-14)10-17(19(18)21(24)28-22)20-15(12-23)8-9-25-20/h3-12H,13H2,1-2H3. The van der Waals surface area contributed by atoms with Crippen LogP contribution in [0.25, 0.3) is 11.3 Å². The number of carbonyl (C=O) groups excluding carboxylic acids is 2. The van der Waals surface area contributed by atoms with E-state index < -0.39 is 11.8 Å². The van der Waals surface area contributed by atoms with Gasteiger partial charge in [0.15, 0.2) is 6.29 Å². The largest absolute Gasteiger partial charge is 0.489 e. The summed E-state index contributed by atoms with van der Waals surface area (Å²) in [4.78, 5) is 24.0. The highest BCUT2D eigenvalue weighted by Gasteiger charge is 2.37. The summed E-state index contributed by atoms with van der Waals surface area (Å²) in [5.74, 6) is -0.608. The van der Waals surface area contributed by atoms with E-state index in [4.69, 9.17) is 18.6 Å². The highest BCUT2D eigenvalue weighted by Crippen LogP contribution is 2.42. The van der Waals surface area contributed by atoms with Crippen LogP contribution in [-0.2, 0) is 11.3 Å². The molecule has 28 heavy (non-hydrogen) atoms. The highest BCUT2D eigenvalue weighted by atomic mass is 16.7. The Morgan fingerprint density at radius 3 is 2.61 bits per heavy atom. The quantitative estimate of drug-likeness (QED) is 0.476. The molecule has 1 aromatic heterocycles. The Bertz CT molecular complexity index is 1030. The Labute approximate surface area is 161 Å². The van der Waals surface area contributed by atoms with E-state index in [0.717, 1.165) is 5.56 Å². The van der Waals surface area contributed by atoms with Crippen LogP contribution in [0.5, 0.6) is 11.5 Å². The number of rotatable bonds is 5. The summed E-state index contributed by atoms with van der Waals surface area (Å²) in [7, 11) is 0. The van der Waals surface area contributed by atoms with Crippen molar-refractivity contribution < 1.29 is 28.2 Å². The molecule has 4 rings (SSSR count). The van der Waals surface area contributed by atoms with E-state index in [1.54, 1.807) is 26.0 Å². The third kappa shape index (κ3) is 3.36. The number of hydrogen-bond acceptors (Lipinski definition) is 6. The molecule has 2 aromatic carbocycles. The highest BCUT2D eigenvalue weighted by molar-refractivity contribution is 6.02. The minimum Gasteiger partial charge on any atom is -0.489 e. The van der Waals surface area contributed by atoms with Gasteiger partial charge >= 0.3 is 5.97 Å². The van der Waals surface area contributed by atoms with E-state index >= 15 is 0 Å². The van der Waals surface area contributed by atoms with Crippen molar-refractivity contribution in [1.82, 2.24) is 0 Å². The maximum Gasteiger partial charge on any atom is 0.345 e. The molecule has 0 fully saturated rings. The zero-order valence-electron chi connectivity index (χ0n) is 15.4. The molecule has 0 saturated heterocycles. The normalized spacial score (nSPS) is 14.6. The van der Waals surface area contributed by atoms with Gasteiger partial charge in [0.1, 0.15) is 29.4 Å². The number of benzene rings is 2. The van der Waals surface area contributed by atoms with E-state index in [2.05, 4.69) is 0 Å². The van der Waals surface area contributed by atoms with Crippen LogP contribution in [-0.4, -0.2) is 18.0 Å². The van der Waals surface area contributed by atoms with Crippen LogP contribution in [0.1, 0.15) is 40.1 Å². The van der Waals surface area contributed by atoms with Crippen molar-refractivity contribution in [2.75, 3.05) is 0 Å². The molecule has 0 atom stereocenters. The summed E-state index contributed by atoms with van der Waals surface area (Å²) in [6.45, 7) is 3.63. The molecule has 0 unspecified atom stereocenters. The molecule has 0 bridgehead atoms. The minimum absolute atomic E-state index is 0.199. The summed E-state index contributed by atoms with van der Waals surface area (Å²) in [5.41, 5.74) is 1.90. The number of fused-ring (bicyclic) bond motifs is 1. The molecule has 0 aliphatic carbocycles. The lowest BCUT2D eigenvalue weighted by Gasteiger charge is -2.32. The van der Waals surface area contributed by atoms with Gasteiger partial charge in [0.2, 0.25) is 5.79 Å². The van der Waals surface area contributed by atoms with Gasteiger partial charge in [-0.3, -0.25) is 4.79 Å². The molecule has 1 aliphatic heterocycles. The number of aldehydes is 1. The Hall–Kier alpha value is -3.54. The third-order valence-corrected chi connectivity index (χ3v) is 4.29. The van der Waals surface area contributed by atoms with E-state index in [9.17, 15) is 9.59 Å². The van der Waals surface area contributed by atoms with Crippen molar-refractivity contribution >= 4 is 12.3 Å². The molecular formula is C22H18O6. The van der Waals surface area contributed by atoms with Gasteiger partial charge in [-0.15, -0.1) is 0 Å². The fourth-order valence-electron chi connectivity index (χ4n) is 3.08. The van der Waals surface area contributed by atoms with E-state index in [-0.39, 0.29) is 11.3 Å². The Kier molecular flexibility index (Phi) is 4.39. The number of hydrogen-bond donors (Lipinski definition) is 0. The van der Waals surface area contributed by atoms with Gasteiger partial charge in [-0.2, -0.15) is 0 Å². The second kappa shape index (κ2) is 6.88. The van der Waals surface area contributed by atoms with Crippen LogP contribution in [0.3, 0.4) is 0 Å². The molecule has 1 aliphatic rings. The van der Waals surface area contributed by atoms with Crippen molar-refractivity contribution in [3.8, 4) is 22.8 Å². The number of ether oxygens (including phenoxy) is 3. The maximum absolute atomic E-state index is 12.6. The predicted octanol–water partition coefficient (Wildman–Crippen LogP) is 4.62. The molecule has 0 N–H and O–H groups in total. The van der Waals surface area contributed by atoms with Crippen molar-refractivity contribution in [2.45, 2.75) is 26.2 Å². The second-order valence-corrected chi connectivity index (χ2v) is 6.83. The summed E-state index contributed by atoms with van der Waals surface area (Å²) < 4.78 is 22.6. The number of esters is 1. The summed E-state index contributed by atoms with van der Waals surface area (Å²) in [6, 6.07) is 14.5. The van der Waals surface area contributed by atoms with Gasteiger partial charge in [0.25, 0.3) is 0 Å². The molecule has 6 nitrogen and oxygen atoms in total. The van der Waals surface area contributed by atoms with Gasteiger partial charge in [0.05, 0.1) is 11.8 Å². The first kappa shape index (κ1) is 17.9. The SMILES string of the molecule is CC1(C)OC(=O)c2c(cc(OCc3ccccc3)cc2-c2occc2C=O)O1. The Morgan fingerprint density at radius 2 is 1.86 bits per heavy atom. The summed E-state index contributed by atoms with van der Waals surface area (Å²) in [6.07, 6.45) is 2.06. The van der Waals surface area contributed by atoms with Crippen molar-refractivity contribution in [3.63, 3.8) is 0 Å². The summed E-state index contributed by atoms with van der Waals surface area (Å²) in [5, 5.41) is 0. The lowest BCUT2D eigenvalue weighted by atomic mass is 10.00. The lowest BCUT2D eigenvalue weighted by Crippen LogP contribution is -2.39. The average Bonchev–Trinajstić information content (AvgIpc) is 3.14. The first-order valence-electron chi connectivity index (χ1n) is 8.77. The summed E-state index contributed by atoms with van der Waals surface area (Å²) >= 11 is 0. The number of carbonyl (C=O) groups is 2. The van der Waals surface area contributed by atoms with E-state index in [1.165, 1.54) is 12.3 Å². The molecule has 3 aromatic rings. The molecule has 0 radical (unpaired) electrons. The maximum atomic E-state index is 12.6. The number of cyclic esters (lactones) is 1. The average molecular weight is 378 g/mol. The fourth-order valence-corrected chi connectivity index (χ4v) is 3.08. The Balaban J connectivity index is 1.79. The molecule has 0 saturated carbocycles. The molecule has 142 valence electrons. The molecular weight excluding hydrogens is 360 g/mol. The topological polar surface area (TPSA) is 75.0 Å². The zero-order chi connectivity index (χ0) is 19.7. The molecule has 2 heterocycles. The fraction of sp³-hybridized carbons (Fsp3) is 0.182. The third-order valence-electron chi connectivity index (χ3n) is 4.29. The first-order valence-corrected chi connectivity index (χ1v) is 8.77. The smallest absolute Gasteiger partial charge is 0.345 e. The van der Waals surface area contributed by atoms with Crippen LogP contribution >= 0.6 is 0 Å². The van der Waals surface area contributed by atoms with Crippen LogP contribution < -0.4 is 9.47 Å². The first-order chi connectivity index (χ1) is 13.5. The van der Waals surface area contributed by atoms with Crippen molar-refractivity contribution in [3.05, 3.63) is 71.5 Å². The van der Waals surface area contributed by atoms with Crippen molar-refractivity contribution in [1.29, 1.82) is 0 Å². The molecule has 0 amide bonds. The number of furan rings is 1. The van der Waals surface area contributed by atoms with Gasteiger partial charge in [-0.1, -0.05) is 30.3 Å². The zero-order valence-corrected chi connectivity index (χ0v) is 15.4. The van der Waals surface area contributed by atoms with Gasteiger partial charge in [0, 0.05) is 25.5 Å². The van der Waals surface area contributed by atoms with E-state index in [1.807, 2.05) is 30.3 Å². The minimum atomic E-state index is -1.12. The molecule has 6 heteroatoms. The lowest BCUT2D eigenvalue weighted by molar-refractivity contribution is -0.127. The van der Waals surface area contributed by atoms with E-state index in [0.29, 0.717) is 35.5 Å². The second-order valence-electron chi connectivity index (χ2n) is 6.83. The molecule has 0 spiro atoms. The van der Waals surface area contributed by atoms with Crippen molar-refractivity contribution in [2.24, 2.45) is 0 Å². The van der Waals surface area contributed by atoms with Crippen LogP contribution in [0, 0.1) is 0 Å². The van der Waals surface area contributed by atoms with Crippen LogP contribution in [0.15, 0.2) is 59.2 Å².